The number of carboxylic acid groups (broad SMARTS) is 2. The van der Waals surface area contributed by atoms with Crippen molar-refractivity contribution < 1.29 is 29.3 Å². The highest BCUT2D eigenvalue weighted by molar-refractivity contribution is 6.02. The summed E-state index contributed by atoms with van der Waals surface area (Å²) in [5.74, 6) is -1.94. The number of anilines is 1. The highest BCUT2D eigenvalue weighted by Gasteiger charge is 2.34. The molecule has 1 amide bonds. The van der Waals surface area contributed by atoms with Crippen LogP contribution >= 0.6 is 0 Å². The maximum absolute atomic E-state index is 13.1. The number of aliphatic carboxylic acids is 2. The molecule has 1 saturated heterocycles. The van der Waals surface area contributed by atoms with Crippen molar-refractivity contribution in [2.75, 3.05) is 37.7 Å². The number of fused-ring (bicyclic) bond motifs is 1. The van der Waals surface area contributed by atoms with Crippen LogP contribution in [0.4, 0.5) is 5.69 Å². The molecule has 0 aromatic heterocycles. The summed E-state index contributed by atoms with van der Waals surface area (Å²) >= 11 is 0. The van der Waals surface area contributed by atoms with E-state index in [-0.39, 0.29) is 13.0 Å². The van der Waals surface area contributed by atoms with Crippen molar-refractivity contribution >= 4 is 23.5 Å². The molecule has 32 heavy (non-hydrogen) atoms. The van der Waals surface area contributed by atoms with Crippen LogP contribution in [0.25, 0.3) is 0 Å². The third-order valence-corrected chi connectivity index (χ3v) is 6.22. The van der Waals surface area contributed by atoms with Gasteiger partial charge in [0.25, 0.3) is 0 Å². The van der Waals surface area contributed by atoms with Gasteiger partial charge >= 0.3 is 11.9 Å². The van der Waals surface area contributed by atoms with Gasteiger partial charge in [0.05, 0.1) is 6.04 Å². The molecule has 9 heteroatoms. The number of nitrogens with one attached hydrogen (secondary N) is 2. The van der Waals surface area contributed by atoms with Crippen LogP contribution in [0.15, 0.2) is 24.3 Å². The molecule has 1 aromatic carbocycles. The molecule has 2 atom stereocenters. The van der Waals surface area contributed by atoms with E-state index in [2.05, 4.69) is 10.6 Å². The lowest BCUT2D eigenvalue weighted by Crippen LogP contribution is -2.52. The molecule has 2 heterocycles. The molecule has 2 aliphatic rings. The zero-order chi connectivity index (χ0) is 22.9. The highest BCUT2D eigenvalue weighted by Crippen LogP contribution is 2.27. The van der Waals surface area contributed by atoms with Crippen molar-refractivity contribution in [3.8, 4) is 0 Å². The van der Waals surface area contributed by atoms with Crippen molar-refractivity contribution in [1.82, 2.24) is 10.6 Å². The first-order valence-corrected chi connectivity index (χ1v) is 11.3. The number of carbonyl (C=O) groups is 3. The van der Waals surface area contributed by atoms with E-state index in [1.54, 1.807) is 12.1 Å². The molecular formula is C23H33N3O6. The van der Waals surface area contributed by atoms with Crippen LogP contribution in [-0.4, -0.2) is 73.0 Å². The van der Waals surface area contributed by atoms with E-state index in [0.717, 1.165) is 37.9 Å². The maximum Gasteiger partial charge on any atom is 0.323 e. The van der Waals surface area contributed by atoms with E-state index >= 15 is 0 Å². The second-order valence-corrected chi connectivity index (χ2v) is 8.48. The molecule has 0 radical (unpaired) electrons. The number of hydrogen-bond acceptors (Lipinski definition) is 6. The summed E-state index contributed by atoms with van der Waals surface area (Å²) in [6.07, 6.45) is 4.43. The summed E-state index contributed by atoms with van der Waals surface area (Å²) in [5, 5.41) is 25.2. The first-order valence-electron chi connectivity index (χ1n) is 11.3. The van der Waals surface area contributed by atoms with Crippen molar-refractivity contribution in [3.05, 3.63) is 29.8 Å². The quantitative estimate of drug-likeness (QED) is 0.373. The molecule has 0 aliphatic carbocycles. The average Bonchev–Trinajstić information content (AvgIpc) is 2.90. The number of hydrogen-bond donors (Lipinski definition) is 4. The Hall–Kier alpha value is -2.49. The van der Waals surface area contributed by atoms with Gasteiger partial charge in [-0.25, -0.2) is 0 Å². The van der Waals surface area contributed by atoms with E-state index in [9.17, 15) is 24.6 Å². The Morgan fingerprint density at radius 1 is 1.16 bits per heavy atom. The monoisotopic (exact) mass is 447 g/mol. The molecular weight excluding hydrogens is 414 g/mol. The number of para-hydroxylation sites is 1. The Kier molecular flexibility index (Phi) is 9.01. The van der Waals surface area contributed by atoms with Gasteiger partial charge in [-0.3, -0.25) is 24.6 Å². The molecule has 3 rings (SSSR count). The van der Waals surface area contributed by atoms with E-state index < -0.39 is 36.5 Å². The van der Waals surface area contributed by atoms with Gasteiger partial charge in [0.15, 0.2) is 0 Å². The lowest BCUT2D eigenvalue weighted by atomic mass is 9.95. The Bertz CT molecular complexity index is 796. The second-order valence-electron chi connectivity index (χ2n) is 8.48. The molecule has 1 unspecified atom stereocenters. The molecule has 0 bridgehead atoms. The fourth-order valence-corrected chi connectivity index (χ4v) is 4.41. The third-order valence-electron chi connectivity index (χ3n) is 6.22. The zero-order valence-corrected chi connectivity index (χ0v) is 18.3. The van der Waals surface area contributed by atoms with Gasteiger partial charge in [-0.05, 0) is 69.2 Å². The van der Waals surface area contributed by atoms with Gasteiger partial charge in [0.1, 0.15) is 12.6 Å². The molecule has 2 aliphatic heterocycles. The Morgan fingerprint density at radius 2 is 1.91 bits per heavy atom. The van der Waals surface area contributed by atoms with Crippen molar-refractivity contribution in [2.24, 2.45) is 5.92 Å². The molecule has 9 nitrogen and oxygen atoms in total. The van der Waals surface area contributed by atoms with E-state index in [4.69, 9.17) is 4.74 Å². The number of benzene rings is 1. The van der Waals surface area contributed by atoms with E-state index in [0.29, 0.717) is 31.1 Å². The minimum atomic E-state index is -1.12. The summed E-state index contributed by atoms with van der Waals surface area (Å²) in [6, 6.07) is 5.47. The first kappa shape index (κ1) is 24.2. The predicted molar refractivity (Wildman–Crippen MR) is 119 cm³/mol. The summed E-state index contributed by atoms with van der Waals surface area (Å²) in [4.78, 5) is 37.5. The molecule has 1 aromatic rings. The van der Waals surface area contributed by atoms with E-state index in [1.807, 2.05) is 12.1 Å². The van der Waals surface area contributed by atoms with Crippen LogP contribution in [-0.2, 0) is 25.5 Å². The van der Waals surface area contributed by atoms with Crippen LogP contribution < -0.4 is 15.5 Å². The number of ether oxygens (including phenoxy) is 1. The Morgan fingerprint density at radius 3 is 2.62 bits per heavy atom. The average molecular weight is 448 g/mol. The number of carboxylic acids is 2. The summed E-state index contributed by atoms with van der Waals surface area (Å²) in [6.45, 7) is 2.49. The number of nitrogens with zero attached hydrogens (tertiary/aromatic N) is 1. The number of carbonyl (C=O) groups excluding carboxylic acids is 1. The van der Waals surface area contributed by atoms with Crippen LogP contribution in [0.3, 0.4) is 0 Å². The number of rotatable bonds is 11. The number of piperidine rings is 1. The van der Waals surface area contributed by atoms with Gasteiger partial charge in [-0.15, -0.1) is 0 Å². The highest BCUT2D eigenvalue weighted by atomic mass is 16.5. The second kappa shape index (κ2) is 11.9. The lowest BCUT2D eigenvalue weighted by Gasteiger charge is -2.27. The topological polar surface area (TPSA) is 128 Å². The summed E-state index contributed by atoms with van der Waals surface area (Å²) in [5.41, 5.74) is 1.44. The van der Waals surface area contributed by atoms with Gasteiger partial charge in [-0.2, -0.15) is 0 Å². The Labute approximate surface area is 188 Å². The largest absolute Gasteiger partial charge is 0.480 e. The number of aryl methyl sites for hydroxylation is 1. The fraction of sp³-hybridized carbons (Fsp3) is 0.609. The molecule has 176 valence electrons. The summed E-state index contributed by atoms with van der Waals surface area (Å²) in [7, 11) is 0. The van der Waals surface area contributed by atoms with Crippen molar-refractivity contribution in [2.45, 2.75) is 50.6 Å². The lowest BCUT2D eigenvalue weighted by molar-refractivity contribution is -0.141. The van der Waals surface area contributed by atoms with E-state index in [1.165, 1.54) is 4.90 Å². The SMILES string of the molecule is O=C(O)CN1C(=O)C(N[C@@H](CCOCCC2CCNCC2)C(=O)O)CCc2ccccc21. The summed E-state index contributed by atoms with van der Waals surface area (Å²) < 4.78 is 5.69. The van der Waals surface area contributed by atoms with Crippen molar-refractivity contribution in [3.63, 3.8) is 0 Å². The third kappa shape index (κ3) is 6.75. The minimum Gasteiger partial charge on any atom is -0.480 e. The molecule has 1 fully saturated rings. The fourth-order valence-electron chi connectivity index (χ4n) is 4.41. The predicted octanol–water partition coefficient (Wildman–Crippen LogP) is 1.26. The standard InChI is InChI=1S/C23H33N3O6/c27-21(28)15-26-20-4-2-1-3-17(20)5-6-18(22(26)29)25-19(23(30)31)10-14-32-13-9-16-7-11-24-12-8-16/h1-4,16,18-19,24-25H,5-15H2,(H,27,28)(H,30,31)/t18?,19-/m0/s1. The maximum atomic E-state index is 13.1. The van der Waals surface area contributed by atoms with Crippen LogP contribution in [0.1, 0.15) is 37.7 Å². The van der Waals surface area contributed by atoms with Crippen LogP contribution in [0.5, 0.6) is 0 Å². The Balaban J connectivity index is 1.55. The molecule has 4 N–H and O–H groups in total. The van der Waals surface area contributed by atoms with Crippen LogP contribution in [0, 0.1) is 5.92 Å². The van der Waals surface area contributed by atoms with Gasteiger partial charge in [-0.1, -0.05) is 18.2 Å². The van der Waals surface area contributed by atoms with Gasteiger partial charge in [0, 0.05) is 18.9 Å². The first-order chi connectivity index (χ1) is 15.5. The number of amides is 1. The normalized spacial score (nSPS) is 20.4. The molecule has 0 saturated carbocycles. The van der Waals surface area contributed by atoms with Gasteiger partial charge < -0.3 is 20.3 Å². The minimum absolute atomic E-state index is 0.233. The zero-order valence-electron chi connectivity index (χ0n) is 18.3. The van der Waals surface area contributed by atoms with Crippen LogP contribution in [0.2, 0.25) is 0 Å². The molecule has 0 spiro atoms. The van der Waals surface area contributed by atoms with Crippen molar-refractivity contribution in [1.29, 1.82) is 0 Å². The smallest absolute Gasteiger partial charge is 0.323 e. The van der Waals surface area contributed by atoms with Gasteiger partial charge in [0.2, 0.25) is 5.91 Å².